The number of carbonyl (C=O) groups excluding carboxylic acids is 1. The third-order valence-corrected chi connectivity index (χ3v) is 2.47. The van der Waals surface area contributed by atoms with Crippen molar-refractivity contribution in [2.45, 2.75) is 0 Å². The average molecular weight is 242 g/mol. The maximum atomic E-state index is 12.7. The van der Waals surface area contributed by atoms with Crippen molar-refractivity contribution >= 4 is 27.4 Å². The minimum Gasteiger partial charge on any atom is -0.328 e. The quantitative estimate of drug-likeness (QED) is 0.802. The Bertz CT molecular complexity index is 414. The number of nitrogens with one attached hydrogen (secondary N) is 1. The molecule has 1 aliphatic heterocycles. The Morgan fingerprint density at radius 1 is 1.38 bits per heavy atom. The van der Waals surface area contributed by atoms with Crippen LogP contribution in [0.4, 0.5) is 4.39 Å². The highest BCUT2D eigenvalue weighted by Gasteiger charge is 2.20. The molecule has 0 radical (unpaired) electrons. The summed E-state index contributed by atoms with van der Waals surface area (Å²) in [6.07, 6.45) is 1.60. The molecule has 0 spiro atoms. The zero-order valence-corrected chi connectivity index (χ0v) is 8.06. The Morgan fingerprint density at radius 3 is 2.62 bits per heavy atom. The molecule has 0 fully saturated rings. The summed E-state index contributed by atoms with van der Waals surface area (Å²) < 4.78 is 13.3. The molecular weight excluding hydrogens is 237 g/mol. The van der Waals surface area contributed by atoms with E-state index in [2.05, 4.69) is 21.2 Å². The molecule has 2 rings (SSSR count). The maximum absolute atomic E-state index is 12.7. The molecule has 2 nitrogen and oxygen atoms in total. The lowest BCUT2D eigenvalue weighted by Crippen LogP contribution is -2.29. The predicted molar refractivity (Wildman–Crippen MR) is 50.2 cm³/mol. The molecule has 0 unspecified atom stereocenters. The smallest absolute Gasteiger partial charge is 0.257 e. The minimum absolute atomic E-state index is 0.132. The number of hydrogen-bond acceptors (Lipinski definition) is 1. The molecule has 0 aromatic heterocycles. The summed E-state index contributed by atoms with van der Waals surface area (Å²) in [5.74, 6) is -0.455. The van der Waals surface area contributed by atoms with Gasteiger partial charge in [0.15, 0.2) is 0 Å². The SMILES string of the molecule is O=C1NC=C1c1ccc(F)cc1Br. The minimum atomic E-state index is -0.323. The van der Waals surface area contributed by atoms with E-state index < -0.39 is 0 Å². The average Bonchev–Trinajstić information content (AvgIpc) is 2.07. The molecule has 1 aliphatic rings. The first-order valence-corrected chi connectivity index (χ1v) is 4.44. The van der Waals surface area contributed by atoms with Gasteiger partial charge >= 0.3 is 0 Å². The van der Waals surface area contributed by atoms with Gasteiger partial charge in [-0.3, -0.25) is 4.79 Å². The van der Waals surface area contributed by atoms with E-state index in [-0.39, 0.29) is 11.7 Å². The lowest BCUT2D eigenvalue weighted by molar-refractivity contribution is -0.116. The van der Waals surface area contributed by atoms with Crippen LogP contribution in [0.25, 0.3) is 5.57 Å². The first kappa shape index (κ1) is 8.44. The molecule has 1 amide bonds. The fraction of sp³-hybridized carbons (Fsp3) is 0. The number of benzene rings is 1. The third-order valence-electron chi connectivity index (χ3n) is 1.81. The zero-order chi connectivity index (χ0) is 9.42. The highest BCUT2D eigenvalue weighted by atomic mass is 79.9. The normalized spacial score (nSPS) is 14.6. The highest BCUT2D eigenvalue weighted by molar-refractivity contribution is 9.10. The third kappa shape index (κ3) is 1.37. The van der Waals surface area contributed by atoms with Gasteiger partial charge in [-0.2, -0.15) is 0 Å². The van der Waals surface area contributed by atoms with Gasteiger partial charge in [0, 0.05) is 16.2 Å². The van der Waals surface area contributed by atoms with Crippen molar-refractivity contribution in [1.82, 2.24) is 5.32 Å². The highest BCUT2D eigenvalue weighted by Crippen LogP contribution is 2.27. The number of halogens is 2. The van der Waals surface area contributed by atoms with Crippen molar-refractivity contribution in [3.8, 4) is 0 Å². The van der Waals surface area contributed by atoms with Crippen LogP contribution in [0.15, 0.2) is 28.9 Å². The van der Waals surface area contributed by atoms with Gasteiger partial charge in [0.2, 0.25) is 0 Å². The van der Waals surface area contributed by atoms with Crippen LogP contribution in [-0.2, 0) is 4.79 Å². The van der Waals surface area contributed by atoms with Gasteiger partial charge < -0.3 is 5.32 Å². The molecule has 1 heterocycles. The fourth-order valence-corrected chi connectivity index (χ4v) is 1.68. The molecule has 1 aromatic carbocycles. The Kier molecular flexibility index (Phi) is 1.92. The van der Waals surface area contributed by atoms with Crippen LogP contribution in [-0.4, -0.2) is 5.91 Å². The molecule has 1 N–H and O–H groups in total. The standard InChI is InChI=1S/C9H5BrFNO/c10-8-3-5(11)1-2-6(8)7-4-12-9(7)13/h1-4H,(H,12,13). The van der Waals surface area contributed by atoms with Crippen LogP contribution < -0.4 is 5.32 Å². The first-order valence-electron chi connectivity index (χ1n) is 3.65. The Labute approximate surface area is 82.6 Å². The van der Waals surface area contributed by atoms with Gasteiger partial charge in [-0.15, -0.1) is 0 Å². The molecule has 66 valence electrons. The van der Waals surface area contributed by atoms with Crippen LogP contribution in [0.3, 0.4) is 0 Å². The number of hydrogen-bond donors (Lipinski definition) is 1. The van der Waals surface area contributed by atoms with E-state index in [0.29, 0.717) is 15.6 Å². The summed E-state index contributed by atoms with van der Waals surface area (Å²) in [4.78, 5) is 11.0. The lowest BCUT2D eigenvalue weighted by atomic mass is 10.0. The maximum Gasteiger partial charge on any atom is 0.257 e. The summed E-state index contributed by atoms with van der Waals surface area (Å²) in [5.41, 5.74) is 1.29. The van der Waals surface area contributed by atoms with Crippen molar-refractivity contribution in [3.05, 3.63) is 40.3 Å². The molecule has 0 bridgehead atoms. The number of rotatable bonds is 1. The van der Waals surface area contributed by atoms with Crippen molar-refractivity contribution in [2.75, 3.05) is 0 Å². The van der Waals surface area contributed by atoms with E-state index in [9.17, 15) is 9.18 Å². The fourth-order valence-electron chi connectivity index (χ4n) is 1.11. The Morgan fingerprint density at radius 2 is 2.15 bits per heavy atom. The van der Waals surface area contributed by atoms with Gasteiger partial charge in [0.05, 0.1) is 5.57 Å². The predicted octanol–water partition coefficient (Wildman–Crippen LogP) is 2.06. The van der Waals surface area contributed by atoms with Crippen LogP contribution in [0.1, 0.15) is 5.56 Å². The Hall–Kier alpha value is -1.16. The van der Waals surface area contributed by atoms with Gasteiger partial charge in [0.1, 0.15) is 5.82 Å². The van der Waals surface area contributed by atoms with E-state index >= 15 is 0 Å². The van der Waals surface area contributed by atoms with E-state index in [1.54, 1.807) is 12.3 Å². The van der Waals surface area contributed by atoms with Crippen molar-refractivity contribution in [2.24, 2.45) is 0 Å². The summed E-state index contributed by atoms with van der Waals surface area (Å²) in [6.45, 7) is 0. The van der Waals surface area contributed by atoms with E-state index in [1.807, 2.05) is 0 Å². The molecule has 13 heavy (non-hydrogen) atoms. The van der Waals surface area contributed by atoms with E-state index in [4.69, 9.17) is 0 Å². The molecule has 0 saturated heterocycles. The van der Waals surface area contributed by atoms with Gasteiger partial charge in [-0.1, -0.05) is 22.0 Å². The van der Waals surface area contributed by atoms with Crippen LogP contribution >= 0.6 is 15.9 Å². The van der Waals surface area contributed by atoms with Crippen molar-refractivity contribution in [1.29, 1.82) is 0 Å². The topological polar surface area (TPSA) is 29.1 Å². The van der Waals surface area contributed by atoms with Crippen LogP contribution in [0, 0.1) is 5.82 Å². The second-order valence-corrected chi connectivity index (χ2v) is 3.51. The van der Waals surface area contributed by atoms with Crippen LogP contribution in [0.2, 0.25) is 0 Å². The second-order valence-electron chi connectivity index (χ2n) is 2.66. The summed E-state index contributed by atoms with van der Waals surface area (Å²) in [7, 11) is 0. The largest absolute Gasteiger partial charge is 0.328 e. The van der Waals surface area contributed by atoms with Crippen molar-refractivity contribution < 1.29 is 9.18 Å². The lowest BCUT2D eigenvalue weighted by Gasteiger charge is -2.15. The van der Waals surface area contributed by atoms with E-state index in [1.165, 1.54) is 12.1 Å². The molecule has 1 aromatic rings. The van der Waals surface area contributed by atoms with E-state index in [0.717, 1.165) is 0 Å². The van der Waals surface area contributed by atoms with Gasteiger partial charge in [-0.25, -0.2) is 4.39 Å². The molecular formula is C9H5BrFNO. The monoisotopic (exact) mass is 241 g/mol. The van der Waals surface area contributed by atoms with Crippen LogP contribution in [0.5, 0.6) is 0 Å². The summed E-state index contributed by atoms with van der Waals surface area (Å²) >= 11 is 3.19. The summed E-state index contributed by atoms with van der Waals surface area (Å²) in [5, 5.41) is 2.48. The molecule has 0 atom stereocenters. The molecule has 4 heteroatoms. The van der Waals surface area contributed by atoms with Gasteiger partial charge in [-0.05, 0) is 12.1 Å². The number of carbonyl (C=O) groups is 1. The molecule has 0 aliphatic carbocycles. The van der Waals surface area contributed by atoms with Gasteiger partial charge in [0.25, 0.3) is 5.91 Å². The number of amides is 1. The second kappa shape index (κ2) is 2.96. The first-order chi connectivity index (χ1) is 6.18. The summed E-state index contributed by atoms with van der Waals surface area (Å²) in [6, 6.07) is 4.23. The molecule has 0 saturated carbocycles. The van der Waals surface area contributed by atoms with Crippen molar-refractivity contribution in [3.63, 3.8) is 0 Å². The Balaban J connectivity index is 2.47. The zero-order valence-electron chi connectivity index (χ0n) is 6.47.